The van der Waals surface area contributed by atoms with E-state index in [-0.39, 0.29) is 17.0 Å². The molecule has 1 aliphatic rings. The number of sulfone groups is 1. The average Bonchev–Trinajstić information content (AvgIpc) is 2.67. The number of hydrogen-bond acceptors (Lipinski definition) is 4. The topological polar surface area (TPSA) is 64.0 Å². The lowest BCUT2D eigenvalue weighted by Gasteiger charge is -2.24. The van der Waals surface area contributed by atoms with Gasteiger partial charge >= 0.3 is 0 Å². The smallest absolute Gasteiger partial charge is 0.203 e. The zero-order valence-corrected chi connectivity index (χ0v) is 11.3. The minimum Gasteiger partial charge on any atom is -0.349 e. The summed E-state index contributed by atoms with van der Waals surface area (Å²) >= 11 is 0. The van der Waals surface area contributed by atoms with E-state index in [2.05, 4.69) is 10.3 Å². The number of nitrogens with zero attached hydrogens (tertiary/aromatic N) is 2. The molecule has 0 amide bonds. The molecule has 1 N–H and O–H groups in total. The van der Waals surface area contributed by atoms with Crippen LogP contribution in [-0.2, 0) is 16.4 Å². The summed E-state index contributed by atoms with van der Waals surface area (Å²) in [7, 11) is -2.89. The molecule has 0 aromatic carbocycles. The number of hydrogen-bond donors (Lipinski definition) is 1. The van der Waals surface area contributed by atoms with Crippen molar-refractivity contribution < 1.29 is 8.42 Å². The molecule has 1 saturated heterocycles. The fourth-order valence-corrected chi connectivity index (χ4v) is 4.36. The molecule has 0 bridgehead atoms. The largest absolute Gasteiger partial charge is 0.349 e. The fourth-order valence-electron chi connectivity index (χ4n) is 2.27. The highest BCUT2D eigenvalue weighted by Gasteiger charge is 2.39. The number of anilines is 1. The average molecular weight is 257 g/mol. The Morgan fingerprint density at radius 2 is 2.29 bits per heavy atom. The molecule has 1 fully saturated rings. The van der Waals surface area contributed by atoms with E-state index >= 15 is 0 Å². The van der Waals surface area contributed by atoms with Gasteiger partial charge in [0.15, 0.2) is 9.84 Å². The quantitative estimate of drug-likeness (QED) is 0.883. The number of imidazole rings is 1. The van der Waals surface area contributed by atoms with Crippen LogP contribution in [0.2, 0.25) is 0 Å². The molecule has 17 heavy (non-hydrogen) atoms. The van der Waals surface area contributed by atoms with Gasteiger partial charge in [0.1, 0.15) is 0 Å². The minimum atomic E-state index is -2.89. The first-order chi connectivity index (χ1) is 7.84. The molecule has 2 rings (SSSR count). The molecule has 1 aromatic rings. The van der Waals surface area contributed by atoms with E-state index in [0.717, 1.165) is 18.2 Å². The van der Waals surface area contributed by atoms with Gasteiger partial charge in [-0.25, -0.2) is 13.4 Å². The summed E-state index contributed by atoms with van der Waals surface area (Å²) in [6.07, 6.45) is 2.61. The zero-order chi connectivity index (χ0) is 12.7. The molecule has 0 aliphatic carbocycles. The Balaban J connectivity index is 2.21. The van der Waals surface area contributed by atoms with Gasteiger partial charge in [-0.1, -0.05) is 0 Å². The van der Waals surface area contributed by atoms with E-state index < -0.39 is 9.84 Å². The van der Waals surface area contributed by atoms with Gasteiger partial charge in [0.25, 0.3) is 0 Å². The number of nitrogens with one attached hydrogen (secondary N) is 1. The minimum absolute atomic E-state index is 0.190. The summed E-state index contributed by atoms with van der Waals surface area (Å²) in [5, 5.41) is 3.29. The van der Waals surface area contributed by atoms with Crippen molar-refractivity contribution in [1.82, 2.24) is 9.55 Å². The molecule has 1 aliphatic heterocycles. The molecule has 1 atom stereocenters. The standard InChI is InChI=1S/C11H19N3O2S/c1-4-14-7-9(2)12-10(14)13-11(3)5-6-17(15,16)8-11/h7H,4-6,8H2,1-3H3,(H,12,13). The normalized spacial score (nSPS) is 27.2. The van der Waals surface area contributed by atoms with Crippen LogP contribution in [0.3, 0.4) is 0 Å². The Labute approximate surface area is 102 Å². The van der Waals surface area contributed by atoms with Crippen molar-refractivity contribution >= 4 is 15.8 Å². The van der Waals surface area contributed by atoms with E-state index in [4.69, 9.17) is 0 Å². The van der Waals surface area contributed by atoms with Gasteiger partial charge in [0.05, 0.1) is 22.7 Å². The van der Waals surface area contributed by atoms with Crippen LogP contribution in [0.5, 0.6) is 0 Å². The van der Waals surface area contributed by atoms with Gasteiger partial charge < -0.3 is 9.88 Å². The van der Waals surface area contributed by atoms with Crippen molar-refractivity contribution in [1.29, 1.82) is 0 Å². The van der Waals surface area contributed by atoms with E-state index in [1.54, 1.807) is 0 Å². The predicted octanol–water partition coefficient (Wildman–Crippen LogP) is 1.20. The highest BCUT2D eigenvalue weighted by molar-refractivity contribution is 7.91. The molecule has 1 unspecified atom stereocenters. The van der Waals surface area contributed by atoms with Gasteiger partial charge in [-0.3, -0.25) is 0 Å². The molecule has 5 nitrogen and oxygen atoms in total. The Bertz CT molecular complexity index is 521. The zero-order valence-electron chi connectivity index (χ0n) is 10.5. The fraction of sp³-hybridized carbons (Fsp3) is 0.727. The lowest BCUT2D eigenvalue weighted by molar-refractivity contribution is 0.562. The maximum absolute atomic E-state index is 11.5. The van der Waals surface area contributed by atoms with Gasteiger partial charge in [0, 0.05) is 12.7 Å². The van der Waals surface area contributed by atoms with Crippen molar-refractivity contribution in [2.24, 2.45) is 0 Å². The Morgan fingerprint density at radius 3 is 2.82 bits per heavy atom. The summed E-state index contributed by atoms with van der Waals surface area (Å²) in [6, 6.07) is 0. The summed E-state index contributed by atoms with van der Waals surface area (Å²) in [4.78, 5) is 4.39. The Hall–Kier alpha value is -1.04. The maximum Gasteiger partial charge on any atom is 0.203 e. The van der Waals surface area contributed by atoms with E-state index in [9.17, 15) is 8.42 Å². The number of aromatic nitrogens is 2. The maximum atomic E-state index is 11.5. The van der Waals surface area contributed by atoms with Crippen molar-refractivity contribution in [3.63, 3.8) is 0 Å². The molecule has 1 aromatic heterocycles. The first-order valence-electron chi connectivity index (χ1n) is 5.86. The van der Waals surface area contributed by atoms with Crippen molar-refractivity contribution in [3.8, 4) is 0 Å². The first kappa shape index (κ1) is 12.4. The van der Waals surface area contributed by atoms with Gasteiger partial charge in [-0.2, -0.15) is 0 Å². The van der Waals surface area contributed by atoms with Crippen LogP contribution < -0.4 is 5.32 Å². The Morgan fingerprint density at radius 1 is 1.59 bits per heavy atom. The van der Waals surface area contributed by atoms with Gasteiger partial charge in [0.2, 0.25) is 5.95 Å². The third-order valence-electron chi connectivity index (χ3n) is 3.15. The van der Waals surface area contributed by atoms with Crippen LogP contribution >= 0.6 is 0 Å². The molecular formula is C11H19N3O2S. The summed E-state index contributed by atoms with van der Waals surface area (Å²) in [5.74, 6) is 1.22. The monoisotopic (exact) mass is 257 g/mol. The van der Waals surface area contributed by atoms with Gasteiger partial charge in [-0.15, -0.1) is 0 Å². The molecule has 2 heterocycles. The Kier molecular flexibility index (Phi) is 2.93. The highest BCUT2D eigenvalue weighted by atomic mass is 32.2. The molecular weight excluding hydrogens is 238 g/mol. The highest BCUT2D eigenvalue weighted by Crippen LogP contribution is 2.27. The third-order valence-corrected chi connectivity index (χ3v) is 5.06. The molecule has 0 radical (unpaired) electrons. The molecule has 96 valence electrons. The second-order valence-electron chi connectivity index (χ2n) is 5.02. The SMILES string of the molecule is CCn1cc(C)nc1NC1(C)CCS(=O)(=O)C1. The molecule has 0 saturated carbocycles. The van der Waals surface area contributed by atoms with E-state index in [1.807, 2.05) is 31.5 Å². The van der Waals surface area contributed by atoms with Crippen LogP contribution in [0.1, 0.15) is 26.0 Å². The summed E-state index contributed by atoms with van der Waals surface area (Å²) < 4.78 is 25.1. The molecule has 0 spiro atoms. The van der Waals surface area contributed by atoms with Crippen molar-refractivity contribution in [3.05, 3.63) is 11.9 Å². The lowest BCUT2D eigenvalue weighted by Crippen LogP contribution is -2.37. The summed E-state index contributed by atoms with van der Waals surface area (Å²) in [6.45, 7) is 6.75. The van der Waals surface area contributed by atoms with Crippen molar-refractivity contribution in [2.75, 3.05) is 16.8 Å². The second-order valence-corrected chi connectivity index (χ2v) is 7.20. The van der Waals surface area contributed by atoms with E-state index in [0.29, 0.717) is 6.42 Å². The predicted molar refractivity (Wildman–Crippen MR) is 67.9 cm³/mol. The second kappa shape index (κ2) is 4.01. The van der Waals surface area contributed by atoms with Crippen LogP contribution in [0, 0.1) is 6.92 Å². The van der Waals surface area contributed by atoms with Crippen LogP contribution in [0.25, 0.3) is 0 Å². The lowest BCUT2D eigenvalue weighted by atomic mass is 10.0. The van der Waals surface area contributed by atoms with Crippen molar-refractivity contribution in [2.45, 2.75) is 39.3 Å². The van der Waals surface area contributed by atoms with Gasteiger partial charge in [-0.05, 0) is 27.2 Å². The number of aryl methyl sites for hydroxylation is 2. The first-order valence-corrected chi connectivity index (χ1v) is 7.68. The van der Waals surface area contributed by atoms with Crippen LogP contribution in [-0.4, -0.2) is 35.0 Å². The third kappa shape index (κ3) is 2.62. The number of rotatable bonds is 3. The van der Waals surface area contributed by atoms with Crippen LogP contribution in [0.4, 0.5) is 5.95 Å². The van der Waals surface area contributed by atoms with E-state index in [1.165, 1.54) is 0 Å². The van der Waals surface area contributed by atoms with Crippen LogP contribution in [0.15, 0.2) is 6.20 Å². The summed E-state index contributed by atoms with van der Waals surface area (Å²) in [5.41, 5.74) is 0.558. The molecule has 6 heteroatoms.